The molecule has 0 aliphatic carbocycles. The molecule has 8 nitrogen and oxygen atoms in total. The molecule has 0 aliphatic heterocycles. The average molecular weight is 368 g/mol. The van der Waals surface area contributed by atoms with Crippen LogP contribution in [0.1, 0.15) is 44.6 Å². The third kappa shape index (κ3) is 7.90. The lowest BCUT2D eigenvalue weighted by atomic mass is 10.1. The van der Waals surface area contributed by atoms with Crippen LogP contribution in [0.25, 0.3) is 0 Å². The number of benzene rings is 1. The van der Waals surface area contributed by atoms with E-state index in [1.54, 1.807) is 19.5 Å². The molecule has 0 saturated heterocycles. The van der Waals surface area contributed by atoms with Crippen molar-refractivity contribution < 1.29 is 19.5 Å². The zero-order valence-corrected chi connectivity index (χ0v) is 15.3. The van der Waals surface area contributed by atoms with Crippen LogP contribution in [0, 0.1) is 0 Å². The number of carbonyl (C=O) groups excluding carboxylic acids is 2. The highest BCUT2D eigenvalue weighted by atomic mass is 32.1. The van der Waals surface area contributed by atoms with Gasteiger partial charge in [0.15, 0.2) is 0 Å². The zero-order chi connectivity index (χ0) is 18.7. The molecular formula is C16H24N4O4S. The van der Waals surface area contributed by atoms with Gasteiger partial charge in [-0.1, -0.05) is 18.6 Å². The molecule has 1 aromatic carbocycles. The van der Waals surface area contributed by atoms with Gasteiger partial charge in [-0.25, -0.2) is 11.0 Å². The summed E-state index contributed by atoms with van der Waals surface area (Å²) in [6, 6.07) is 7.42. The van der Waals surface area contributed by atoms with Gasteiger partial charge in [0, 0.05) is 18.4 Å². The van der Waals surface area contributed by atoms with Gasteiger partial charge in [0.25, 0.3) is 5.91 Å². The standard InChI is InChI=1S/C16H24N4O4S/c1-12(13-7-6-8-14(11-13)24-2)17-19-20(25)16(22)10-5-3-4-9-15(21)18-23/h6-8,11,19,23,25H,3-5,9-10H2,1-2H3,(H,18,21)/b17-12+. The third-order valence-corrected chi connectivity index (χ3v) is 3.77. The summed E-state index contributed by atoms with van der Waals surface area (Å²) in [6.45, 7) is 1.81. The van der Waals surface area contributed by atoms with E-state index in [1.165, 1.54) is 0 Å². The number of hydroxylamine groups is 1. The molecule has 0 bridgehead atoms. The molecule has 0 aliphatic rings. The molecule has 0 fully saturated rings. The van der Waals surface area contributed by atoms with Crippen molar-refractivity contribution in [3.63, 3.8) is 0 Å². The fourth-order valence-corrected chi connectivity index (χ4v) is 2.14. The third-order valence-electron chi connectivity index (χ3n) is 3.46. The smallest absolute Gasteiger partial charge is 0.252 e. The number of methoxy groups -OCH3 is 1. The summed E-state index contributed by atoms with van der Waals surface area (Å²) in [7, 11) is 1.59. The number of hydrogen-bond donors (Lipinski definition) is 4. The van der Waals surface area contributed by atoms with Gasteiger partial charge in [0.1, 0.15) is 5.75 Å². The second kappa shape index (κ2) is 11.3. The van der Waals surface area contributed by atoms with Gasteiger partial charge >= 0.3 is 0 Å². The molecule has 1 aromatic rings. The fraction of sp³-hybridized carbons (Fsp3) is 0.438. The van der Waals surface area contributed by atoms with E-state index in [1.807, 2.05) is 24.3 Å². The van der Waals surface area contributed by atoms with Gasteiger partial charge in [-0.2, -0.15) is 9.52 Å². The number of hydrazine groups is 1. The van der Waals surface area contributed by atoms with Gasteiger partial charge in [-0.15, -0.1) is 0 Å². The molecule has 3 N–H and O–H groups in total. The Morgan fingerprint density at radius 2 is 2.00 bits per heavy atom. The lowest BCUT2D eigenvalue weighted by Crippen LogP contribution is -2.32. The Kier molecular flexibility index (Phi) is 9.41. The quantitative estimate of drug-likeness (QED) is 0.166. The van der Waals surface area contributed by atoms with Crippen molar-refractivity contribution in [1.82, 2.24) is 15.4 Å². The van der Waals surface area contributed by atoms with Crippen molar-refractivity contribution in [2.24, 2.45) is 5.10 Å². The maximum atomic E-state index is 11.9. The van der Waals surface area contributed by atoms with Crippen molar-refractivity contribution in [1.29, 1.82) is 0 Å². The summed E-state index contributed by atoms with van der Waals surface area (Å²) in [6.07, 6.45) is 2.44. The first-order valence-corrected chi connectivity index (χ1v) is 8.27. The summed E-state index contributed by atoms with van der Waals surface area (Å²) in [5.74, 6) is 0.0732. The minimum atomic E-state index is -0.425. The second-order valence-corrected chi connectivity index (χ2v) is 5.73. The van der Waals surface area contributed by atoms with Gasteiger partial charge in [-0.3, -0.25) is 14.8 Å². The molecule has 9 heteroatoms. The van der Waals surface area contributed by atoms with E-state index in [0.717, 1.165) is 15.7 Å². The molecule has 0 spiro atoms. The van der Waals surface area contributed by atoms with Crippen molar-refractivity contribution >= 4 is 30.3 Å². The number of nitrogens with one attached hydrogen (secondary N) is 2. The molecule has 0 atom stereocenters. The van der Waals surface area contributed by atoms with Gasteiger partial charge in [0.2, 0.25) is 5.91 Å². The van der Waals surface area contributed by atoms with Gasteiger partial charge in [-0.05, 0) is 44.7 Å². The Bertz CT molecular complexity index is 610. The minimum Gasteiger partial charge on any atom is -0.497 e. The fourth-order valence-electron chi connectivity index (χ4n) is 1.99. The molecular weight excluding hydrogens is 344 g/mol. The Morgan fingerprint density at radius 1 is 1.28 bits per heavy atom. The van der Waals surface area contributed by atoms with Crippen molar-refractivity contribution in [3.05, 3.63) is 29.8 Å². The van der Waals surface area contributed by atoms with Crippen molar-refractivity contribution in [2.45, 2.75) is 39.0 Å². The molecule has 0 saturated carbocycles. The Morgan fingerprint density at radius 3 is 2.68 bits per heavy atom. The van der Waals surface area contributed by atoms with Crippen LogP contribution in [0.2, 0.25) is 0 Å². The Hall–Kier alpha value is -2.26. The highest BCUT2D eigenvalue weighted by Gasteiger charge is 2.09. The van der Waals surface area contributed by atoms with E-state index in [9.17, 15) is 9.59 Å². The second-order valence-electron chi connectivity index (χ2n) is 5.33. The van der Waals surface area contributed by atoms with Gasteiger partial charge < -0.3 is 4.74 Å². The number of hydrazone groups is 1. The van der Waals surface area contributed by atoms with Crippen LogP contribution < -0.4 is 15.8 Å². The van der Waals surface area contributed by atoms with E-state index >= 15 is 0 Å². The van der Waals surface area contributed by atoms with E-state index in [4.69, 9.17) is 9.94 Å². The lowest BCUT2D eigenvalue weighted by molar-refractivity contribution is -0.129. The maximum absolute atomic E-state index is 11.9. The van der Waals surface area contributed by atoms with Crippen molar-refractivity contribution in [2.75, 3.05) is 7.11 Å². The zero-order valence-electron chi connectivity index (χ0n) is 14.4. The molecule has 0 radical (unpaired) electrons. The van der Waals surface area contributed by atoms with E-state index < -0.39 is 5.91 Å². The van der Waals surface area contributed by atoms with E-state index in [0.29, 0.717) is 25.0 Å². The summed E-state index contributed by atoms with van der Waals surface area (Å²) in [5, 5.41) is 12.5. The molecule has 0 heterocycles. The predicted molar refractivity (Wildman–Crippen MR) is 97.2 cm³/mol. The van der Waals surface area contributed by atoms with Crippen LogP contribution in [0.3, 0.4) is 0 Å². The molecule has 0 aromatic heterocycles. The molecule has 2 amide bonds. The lowest BCUT2D eigenvalue weighted by Gasteiger charge is -2.15. The van der Waals surface area contributed by atoms with E-state index in [2.05, 4.69) is 23.5 Å². The van der Waals surface area contributed by atoms with Gasteiger partial charge in [0.05, 0.1) is 12.8 Å². The summed E-state index contributed by atoms with van der Waals surface area (Å²) >= 11 is 4.07. The van der Waals surface area contributed by atoms with Crippen molar-refractivity contribution in [3.8, 4) is 5.75 Å². The van der Waals surface area contributed by atoms with Crippen LogP contribution in [-0.4, -0.2) is 34.3 Å². The summed E-state index contributed by atoms with van der Waals surface area (Å²) < 4.78 is 6.19. The number of ether oxygens (including phenoxy) is 1. The van der Waals surface area contributed by atoms with Crippen LogP contribution in [0.4, 0.5) is 0 Å². The number of carbonyl (C=O) groups is 2. The van der Waals surface area contributed by atoms with Crippen LogP contribution in [0.5, 0.6) is 5.75 Å². The summed E-state index contributed by atoms with van der Waals surface area (Å²) in [4.78, 5) is 22.8. The average Bonchev–Trinajstić information content (AvgIpc) is 2.64. The minimum absolute atomic E-state index is 0.225. The normalized spacial score (nSPS) is 11.0. The largest absolute Gasteiger partial charge is 0.497 e. The molecule has 25 heavy (non-hydrogen) atoms. The highest BCUT2D eigenvalue weighted by molar-refractivity contribution is 7.78. The highest BCUT2D eigenvalue weighted by Crippen LogP contribution is 2.13. The first-order chi connectivity index (χ1) is 12.0. The Balaban J connectivity index is 2.37. The maximum Gasteiger partial charge on any atom is 0.252 e. The number of rotatable bonds is 10. The number of hydrogen-bond acceptors (Lipinski definition) is 7. The predicted octanol–water partition coefficient (Wildman–Crippen LogP) is 2.05. The topological polar surface area (TPSA) is 103 Å². The molecule has 1 rings (SSSR count). The number of thiol groups is 1. The van der Waals surface area contributed by atoms with Crippen LogP contribution in [0.15, 0.2) is 29.4 Å². The number of amides is 2. The molecule has 138 valence electrons. The number of unbranched alkanes of at least 4 members (excludes halogenated alkanes) is 2. The first-order valence-electron chi connectivity index (χ1n) is 7.87. The van der Waals surface area contributed by atoms with E-state index in [-0.39, 0.29) is 18.7 Å². The number of nitrogens with zero attached hydrogens (tertiary/aromatic N) is 2. The monoisotopic (exact) mass is 368 g/mol. The van der Waals surface area contributed by atoms with Crippen LogP contribution >= 0.6 is 12.8 Å². The first kappa shape index (κ1) is 20.8. The SMILES string of the molecule is COc1cccc(/C(C)=N/NN(S)C(=O)CCCCCC(=O)NO)c1. The Labute approximate surface area is 152 Å². The van der Waals surface area contributed by atoms with Crippen LogP contribution in [-0.2, 0) is 9.59 Å². The molecule has 0 unspecified atom stereocenters. The summed E-state index contributed by atoms with van der Waals surface area (Å²) in [5.41, 5.74) is 5.70.